The second-order valence-corrected chi connectivity index (χ2v) is 6.59. The Bertz CT molecular complexity index is 416. The molecule has 2 aliphatic rings. The third kappa shape index (κ3) is 2.01. The van der Waals surface area contributed by atoms with Crippen molar-refractivity contribution in [3.63, 3.8) is 0 Å². The van der Waals surface area contributed by atoms with Gasteiger partial charge in [0.1, 0.15) is 12.1 Å². The van der Waals surface area contributed by atoms with E-state index in [9.17, 15) is 19.5 Å². The molecule has 4 atom stereocenters. The van der Waals surface area contributed by atoms with Crippen molar-refractivity contribution in [1.82, 2.24) is 0 Å². The second-order valence-electron chi connectivity index (χ2n) is 6.59. The summed E-state index contributed by atoms with van der Waals surface area (Å²) in [6, 6.07) is 0. The zero-order valence-electron chi connectivity index (χ0n) is 11.6. The van der Waals surface area contributed by atoms with Gasteiger partial charge in [-0.15, -0.1) is 0 Å². The van der Waals surface area contributed by atoms with Crippen LogP contribution in [0.1, 0.15) is 52.4 Å². The molecule has 0 aliphatic heterocycles. The topological polar surface area (TPSA) is 71.4 Å². The molecule has 0 saturated heterocycles. The second kappa shape index (κ2) is 4.73. The summed E-state index contributed by atoms with van der Waals surface area (Å²) in [6.07, 6.45) is 4.45. The van der Waals surface area contributed by atoms with Gasteiger partial charge in [-0.05, 0) is 37.5 Å². The van der Waals surface area contributed by atoms with Gasteiger partial charge in [0.15, 0.2) is 0 Å². The van der Waals surface area contributed by atoms with E-state index in [0.29, 0.717) is 19.3 Å². The fraction of sp³-hybridized carbons (Fsp3) is 0.800. The van der Waals surface area contributed by atoms with E-state index in [1.807, 2.05) is 13.8 Å². The van der Waals surface area contributed by atoms with Crippen LogP contribution in [0.15, 0.2) is 0 Å². The van der Waals surface area contributed by atoms with Gasteiger partial charge >= 0.3 is 5.97 Å². The SMILES string of the molecule is C[C@]12CCC[C@](C)(C(=O)O)[C@@H]1CCC(=O)[C@@H]2CC=O. The predicted molar refractivity (Wildman–Crippen MR) is 69.6 cm³/mol. The Morgan fingerprint density at radius 1 is 1.42 bits per heavy atom. The van der Waals surface area contributed by atoms with Crippen LogP contribution in [0.4, 0.5) is 0 Å². The molecule has 0 aromatic rings. The summed E-state index contributed by atoms with van der Waals surface area (Å²) in [6.45, 7) is 3.83. The van der Waals surface area contributed by atoms with Gasteiger partial charge in [0.05, 0.1) is 5.41 Å². The standard InChI is InChI=1S/C15H22O4/c1-14-7-3-8-15(2,13(18)19)12(14)5-4-11(17)10(14)6-9-16/h9-10,12H,3-8H2,1-2H3,(H,18,19)/t10-,12+,14+,15-/m0/s1. The van der Waals surface area contributed by atoms with Gasteiger partial charge in [-0.25, -0.2) is 0 Å². The molecule has 0 amide bonds. The number of hydrogen-bond donors (Lipinski definition) is 1. The predicted octanol–water partition coefficient (Wildman–Crippen LogP) is 2.45. The highest BCUT2D eigenvalue weighted by molar-refractivity contribution is 5.85. The number of carbonyl (C=O) groups is 3. The number of aliphatic carboxylic acids is 1. The Balaban J connectivity index is 2.41. The molecule has 0 aromatic heterocycles. The number of ketones is 1. The van der Waals surface area contributed by atoms with E-state index in [4.69, 9.17) is 0 Å². The van der Waals surface area contributed by atoms with Crippen molar-refractivity contribution in [1.29, 1.82) is 0 Å². The van der Waals surface area contributed by atoms with E-state index in [0.717, 1.165) is 19.1 Å². The van der Waals surface area contributed by atoms with Crippen molar-refractivity contribution >= 4 is 18.0 Å². The van der Waals surface area contributed by atoms with Gasteiger partial charge in [0.2, 0.25) is 0 Å². The Morgan fingerprint density at radius 3 is 2.68 bits per heavy atom. The molecule has 4 heteroatoms. The van der Waals surface area contributed by atoms with Gasteiger partial charge in [-0.2, -0.15) is 0 Å². The summed E-state index contributed by atoms with van der Waals surface area (Å²) in [5.74, 6) is -0.917. The van der Waals surface area contributed by atoms with Crippen LogP contribution in [0.5, 0.6) is 0 Å². The zero-order valence-corrected chi connectivity index (χ0v) is 11.6. The van der Waals surface area contributed by atoms with Crippen molar-refractivity contribution in [2.24, 2.45) is 22.7 Å². The summed E-state index contributed by atoms with van der Waals surface area (Å²) in [5, 5.41) is 9.58. The number of fused-ring (bicyclic) bond motifs is 1. The minimum atomic E-state index is -0.761. The first-order valence-corrected chi connectivity index (χ1v) is 7.06. The maximum atomic E-state index is 12.1. The number of carboxylic acid groups (broad SMARTS) is 1. The lowest BCUT2D eigenvalue weighted by molar-refractivity contribution is -0.170. The number of aldehydes is 1. The lowest BCUT2D eigenvalue weighted by atomic mass is 9.47. The van der Waals surface area contributed by atoms with Gasteiger partial charge in [-0.1, -0.05) is 13.3 Å². The highest BCUT2D eigenvalue weighted by Crippen LogP contribution is 2.59. The van der Waals surface area contributed by atoms with Crippen molar-refractivity contribution in [2.75, 3.05) is 0 Å². The maximum Gasteiger partial charge on any atom is 0.309 e. The first kappa shape index (κ1) is 14.2. The van der Waals surface area contributed by atoms with Crippen LogP contribution in [0, 0.1) is 22.7 Å². The van der Waals surface area contributed by atoms with E-state index in [-0.39, 0.29) is 29.5 Å². The van der Waals surface area contributed by atoms with Gasteiger partial charge < -0.3 is 9.90 Å². The van der Waals surface area contributed by atoms with Crippen LogP contribution >= 0.6 is 0 Å². The molecule has 0 unspecified atom stereocenters. The summed E-state index contributed by atoms with van der Waals surface area (Å²) in [7, 11) is 0. The van der Waals surface area contributed by atoms with Crippen LogP contribution in [-0.4, -0.2) is 23.1 Å². The van der Waals surface area contributed by atoms with E-state index < -0.39 is 11.4 Å². The Morgan fingerprint density at radius 2 is 2.11 bits per heavy atom. The monoisotopic (exact) mass is 266 g/mol. The van der Waals surface area contributed by atoms with Crippen molar-refractivity contribution in [3.05, 3.63) is 0 Å². The van der Waals surface area contributed by atoms with Crippen molar-refractivity contribution < 1.29 is 19.5 Å². The van der Waals surface area contributed by atoms with Crippen molar-refractivity contribution in [2.45, 2.75) is 52.4 Å². The molecule has 19 heavy (non-hydrogen) atoms. The molecule has 2 fully saturated rings. The quantitative estimate of drug-likeness (QED) is 0.796. The first-order valence-electron chi connectivity index (χ1n) is 7.06. The molecule has 4 nitrogen and oxygen atoms in total. The Kier molecular flexibility index (Phi) is 3.54. The van der Waals surface area contributed by atoms with E-state index >= 15 is 0 Å². The third-order valence-electron chi connectivity index (χ3n) is 5.66. The third-order valence-corrected chi connectivity index (χ3v) is 5.66. The maximum absolute atomic E-state index is 12.1. The molecule has 106 valence electrons. The van der Waals surface area contributed by atoms with E-state index in [1.54, 1.807) is 0 Å². The fourth-order valence-corrected chi connectivity index (χ4v) is 4.56. The summed E-state index contributed by atoms with van der Waals surface area (Å²) in [5.41, 5.74) is -1.09. The molecule has 2 saturated carbocycles. The Labute approximate surface area is 113 Å². The largest absolute Gasteiger partial charge is 0.481 e. The first-order chi connectivity index (χ1) is 8.86. The molecule has 2 rings (SSSR count). The summed E-state index contributed by atoms with van der Waals surface area (Å²) >= 11 is 0. The fourth-order valence-electron chi connectivity index (χ4n) is 4.56. The van der Waals surface area contributed by atoms with Crippen LogP contribution in [0.3, 0.4) is 0 Å². The molecule has 0 aromatic carbocycles. The molecule has 0 radical (unpaired) electrons. The molecule has 0 heterocycles. The summed E-state index contributed by atoms with van der Waals surface area (Å²) in [4.78, 5) is 34.6. The highest BCUT2D eigenvalue weighted by atomic mass is 16.4. The highest BCUT2D eigenvalue weighted by Gasteiger charge is 2.58. The van der Waals surface area contributed by atoms with Crippen LogP contribution < -0.4 is 0 Å². The normalized spacial score (nSPS) is 42.5. The molecular formula is C15H22O4. The van der Waals surface area contributed by atoms with Crippen LogP contribution in [0.25, 0.3) is 0 Å². The number of hydrogen-bond acceptors (Lipinski definition) is 3. The smallest absolute Gasteiger partial charge is 0.309 e. The van der Waals surface area contributed by atoms with Gasteiger partial charge in [0, 0.05) is 18.8 Å². The average molecular weight is 266 g/mol. The number of Topliss-reactive ketones (excluding diaryl/α,β-unsaturated/α-hetero) is 1. The minimum Gasteiger partial charge on any atom is -0.481 e. The molecular weight excluding hydrogens is 244 g/mol. The van der Waals surface area contributed by atoms with E-state index in [2.05, 4.69) is 0 Å². The number of rotatable bonds is 3. The number of carboxylic acids is 1. The lowest BCUT2D eigenvalue weighted by Gasteiger charge is -2.55. The Hall–Kier alpha value is -1.19. The molecule has 0 spiro atoms. The number of carbonyl (C=O) groups excluding carboxylic acids is 2. The van der Waals surface area contributed by atoms with Gasteiger partial charge in [0.25, 0.3) is 0 Å². The van der Waals surface area contributed by atoms with Crippen LogP contribution in [-0.2, 0) is 14.4 Å². The minimum absolute atomic E-state index is 0.00565. The zero-order chi connectivity index (χ0) is 14.3. The van der Waals surface area contributed by atoms with Crippen molar-refractivity contribution in [3.8, 4) is 0 Å². The summed E-state index contributed by atoms with van der Waals surface area (Å²) < 4.78 is 0. The van der Waals surface area contributed by atoms with Crippen LogP contribution in [0.2, 0.25) is 0 Å². The average Bonchev–Trinajstić information content (AvgIpc) is 2.33. The molecule has 0 bridgehead atoms. The molecule has 1 N–H and O–H groups in total. The lowest BCUT2D eigenvalue weighted by Crippen LogP contribution is -2.55. The van der Waals surface area contributed by atoms with E-state index in [1.165, 1.54) is 0 Å². The molecule has 2 aliphatic carbocycles. The van der Waals surface area contributed by atoms with Gasteiger partial charge in [-0.3, -0.25) is 9.59 Å².